The molecule has 0 unspecified atom stereocenters. The number of carbonyl (C=O) groups is 1. The van der Waals surface area contributed by atoms with Crippen LogP contribution in [0.2, 0.25) is 0 Å². The third-order valence-electron chi connectivity index (χ3n) is 4.94. The van der Waals surface area contributed by atoms with Crippen LogP contribution in [-0.4, -0.2) is 24.5 Å². The molecule has 0 atom stereocenters. The largest absolute Gasteiger partial charge is 0.496 e. The molecule has 0 fully saturated rings. The molecular weight excluding hydrogens is 405 g/mol. The van der Waals surface area contributed by atoms with Gasteiger partial charge in [0, 0.05) is 24.5 Å². The van der Waals surface area contributed by atoms with Crippen molar-refractivity contribution in [3.63, 3.8) is 0 Å². The van der Waals surface area contributed by atoms with E-state index in [1.165, 1.54) is 12.3 Å². The Morgan fingerprint density at radius 3 is 2.39 bits per heavy atom. The second-order valence-electron chi connectivity index (χ2n) is 7.16. The Bertz CT molecular complexity index is 1020. The Labute approximate surface area is 179 Å². The molecule has 3 rings (SSSR count). The minimum absolute atomic E-state index is 0.114. The second-order valence-corrected chi connectivity index (χ2v) is 7.16. The Balaban J connectivity index is 1.82. The SMILES string of the molecule is COc1cc(N(CCc2ccc(C(F)(F)F)nc2)C(=O)Cc2ccccc2)ccc1C. The number of ether oxygens (including phenoxy) is 1. The molecule has 1 aromatic heterocycles. The maximum atomic E-state index is 13.1. The van der Waals surface area contributed by atoms with E-state index in [0.29, 0.717) is 30.0 Å². The van der Waals surface area contributed by atoms with Gasteiger partial charge >= 0.3 is 6.18 Å². The fourth-order valence-corrected chi connectivity index (χ4v) is 3.22. The summed E-state index contributed by atoms with van der Waals surface area (Å²) in [7, 11) is 1.57. The highest BCUT2D eigenvalue weighted by Crippen LogP contribution is 2.28. The summed E-state index contributed by atoms with van der Waals surface area (Å²) in [4.78, 5) is 18.3. The Morgan fingerprint density at radius 2 is 1.77 bits per heavy atom. The van der Waals surface area contributed by atoms with E-state index in [1.54, 1.807) is 18.1 Å². The van der Waals surface area contributed by atoms with E-state index in [1.807, 2.05) is 49.4 Å². The number of rotatable bonds is 7. The maximum absolute atomic E-state index is 13.1. The first-order chi connectivity index (χ1) is 14.8. The number of aromatic nitrogens is 1. The zero-order valence-corrected chi connectivity index (χ0v) is 17.3. The topological polar surface area (TPSA) is 42.4 Å². The molecule has 162 valence electrons. The van der Waals surface area contributed by atoms with Crippen molar-refractivity contribution >= 4 is 11.6 Å². The average molecular weight is 428 g/mol. The lowest BCUT2D eigenvalue weighted by molar-refractivity contribution is -0.141. The monoisotopic (exact) mass is 428 g/mol. The summed E-state index contributed by atoms with van der Waals surface area (Å²) in [6, 6.07) is 17.2. The lowest BCUT2D eigenvalue weighted by atomic mass is 10.1. The molecule has 0 aliphatic rings. The van der Waals surface area contributed by atoms with Crippen LogP contribution in [-0.2, 0) is 23.8 Å². The number of hydrogen-bond donors (Lipinski definition) is 0. The van der Waals surface area contributed by atoms with E-state index in [-0.39, 0.29) is 12.3 Å². The van der Waals surface area contributed by atoms with Gasteiger partial charge in [0.05, 0.1) is 13.5 Å². The number of anilines is 1. The van der Waals surface area contributed by atoms with Crippen molar-refractivity contribution in [3.05, 3.63) is 89.2 Å². The molecule has 0 radical (unpaired) electrons. The normalized spacial score (nSPS) is 11.3. The van der Waals surface area contributed by atoms with Crippen molar-refractivity contribution in [3.8, 4) is 5.75 Å². The Hall–Kier alpha value is -3.35. The van der Waals surface area contributed by atoms with Crippen LogP contribution >= 0.6 is 0 Å². The van der Waals surface area contributed by atoms with E-state index in [0.717, 1.165) is 17.2 Å². The van der Waals surface area contributed by atoms with Gasteiger partial charge in [0.25, 0.3) is 0 Å². The number of hydrogen-bond acceptors (Lipinski definition) is 3. The van der Waals surface area contributed by atoms with Crippen LogP contribution in [0, 0.1) is 6.92 Å². The van der Waals surface area contributed by atoms with Gasteiger partial charge in [0.1, 0.15) is 11.4 Å². The smallest absolute Gasteiger partial charge is 0.433 e. The molecule has 0 aliphatic heterocycles. The number of benzene rings is 2. The van der Waals surface area contributed by atoms with Gasteiger partial charge in [-0.2, -0.15) is 13.2 Å². The summed E-state index contributed by atoms with van der Waals surface area (Å²) in [5.41, 5.74) is 2.17. The van der Waals surface area contributed by atoms with Crippen LogP contribution in [0.15, 0.2) is 66.9 Å². The van der Waals surface area contributed by atoms with Crippen molar-refractivity contribution in [1.82, 2.24) is 4.98 Å². The van der Waals surface area contributed by atoms with E-state index >= 15 is 0 Å². The molecule has 7 heteroatoms. The summed E-state index contributed by atoms with van der Waals surface area (Å²) in [5, 5.41) is 0. The number of pyridine rings is 1. The second kappa shape index (κ2) is 9.64. The zero-order valence-electron chi connectivity index (χ0n) is 17.3. The number of nitrogens with zero attached hydrogens (tertiary/aromatic N) is 2. The van der Waals surface area contributed by atoms with Crippen LogP contribution in [0.25, 0.3) is 0 Å². The van der Waals surface area contributed by atoms with Gasteiger partial charge in [-0.25, -0.2) is 0 Å². The molecule has 0 saturated carbocycles. The summed E-state index contributed by atoms with van der Waals surface area (Å²) in [6.45, 7) is 2.21. The summed E-state index contributed by atoms with van der Waals surface area (Å²) < 4.78 is 43.6. The molecule has 4 nitrogen and oxygen atoms in total. The maximum Gasteiger partial charge on any atom is 0.433 e. The quantitative estimate of drug-likeness (QED) is 0.517. The van der Waals surface area contributed by atoms with Crippen molar-refractivity contribution < 1.29 is 22.7 Å². The summed E-state index contributed by atoms with van der Waals surface area (Å²) in [5.74, 6) is 0.545. The molecule has 31 heavy (non-hydrogen) atoms. The fraction of sp³-hybridized carbons (Fsp3) is 0.250. The van der Waals surface area contributed by atoms with Gasteiger partial charge in [-0.15, -0.1) is 0 Å². The number of amides is 1. The first-order valence-corrected chi connectivity index (χ1v) is 9.79. The Morgan fingerprint density at radius 1 is 1.03 bits per heavy atom. The first-order valence-electron chi connectivity index (χ1n) is 9.79. The molecule has 0 spiro atoms. The zero-order chi connectivity index (χ0) is 22.4. The minimum Gasteiger partial charge on any atom is -0.496 e. The van der Waals surface area contributed by atoms with Crippen LogP contribution in [0.3, 0.4) is 0 Å². The average Bonchev–Trinajstić information content (AvgIpc) is 2.75. The lowest BCUT2D eigenvalue weighted by Gasteiger charge is -2.24. The molecule has 0 N–H and O–H groups in total. The predicted octanol–water partition coefficient (Wildman–Crippen LogP) is 5.24. The van der Waals surface area contributed by atoms with Crippen LogP contribution in [0.4, 0.5) is 18.9 Å². The van der Waals surface area contributed by atoms with Crippen molar-refractivity contribution in [1.29, 1.82) is 0 Å². The molecular formula is C24H23F3N2O2. The number of halogens is 3. The summed E-state index contributed by atoms with van der Waals surface area (Å²) in [6.07, 6.45) is -2.70. The molecule has 0 aliphatic carbocycles. The minimum atomic E-state index is -4.48. The Kier molecular flexibility index (Phi) is 6.95. The number of methoxy groups -OCH3 is 1. The van der Waals surface area contributed by atoms with Gasteiger partial charge in [-0.1, -0.05) is 42.5 Å². The van der Waals surface area contributed by atoms with Gasteiger partial charge in [0.2, 0.25) is 5.91 Å². The molecule has 0 bridgehead atoms. The van der Waals surface area contributed by atoms with Crippen molar-refractivity contribution in [2.24, 2.45) is 0 Å². The third-order valence-corrected chi connectivity index (χ3v) is 4.94. The highest BCUT2D eigenvalue weighted by atomic mass is 19.4. The number of alkyl halides is 3. The molecule has 3 aromatic rings. The fourth-order valence-electron chi connectivity index (χ4n) is 3.22. The number of carbonyl (C=O) groups excluding carboxylic acids is 1. The van der Waals surface area contributed by atoms with E-state index < -0.39 is 11.9 Å². The number of aryl methyl sites for hydroxylation is 1. The highest BCUT2D eigenvalue weighted by Gasteiger charge is 2.32. The molecule has 1 heterocycles. The highest BCUT2D eigenvalue weighted by molar-refractivity contribution is 5.95. The molecule has 2 aromatic carbocycles. The van der Waals surface area contributed by atoms with Gasteiger partial charge in [-0.05, 0) is 42.2 Å². The summed E-state index contributed by atoms with van der Waals surface area (Å²) >= 11 is 0. The lowest BCUT2D eigenvalue weighted by Crippen LogP contribution is -2.34. The van der Waals surface area contributed by atoms with E-state index in [4.69, 9.17) is 4.74 Å². The molecule has 1 amide bonds. The first kappa shape index (κ1) is 22.3. The van der Waals surface area contributed by atoms with E-state index in [9.17, 15) is 18.0 Å². The predicted molar refractivity (Wildman–Crippen MR) is 113 cm³/mol. The van der Waals surface area contributed by atoms with Gasteiger partial charge in [-0.3, -0.25) is 9.78 Å². The van der Waals surface area contributed by atoms with Crippen molar-refractivity contribution in [2.45, 2.75) is 25.9 Å². The van der Waals surface area contributed by atoms with Gasteiger partial charge < -0.3 is 9.64 Å². The van der Waals surface area contributed by atoms with Crippen molar-refractivity contribution in [2.75, 3.05) is 18.6 Å². The van der Waals surface area contributed by atoms with Gasteiger partial charge in [0.15, 0.2) is 0 Å². The van der Waals surface area contributed by atoms with Crippen LogP contribution in [0.1, 0.15) is 22.4 Å². The third kappa shape index (κ3) is 5.84. The van der Waals surface area contributed by atoms with Crippen LogP contribution < -0.4 is 9.64 Å². The molecule has 0 saturated heterocycles. The van der Waals surface area contributed by atoms with Crippen LogP contribution in [0.5, 0.6) is 5.75 Å². The van der Waals surface area contributed by atoms with E-state index in [2.05, 4.69) is 4.98 Å². The standard InChI is InChI=1S/C24H23F3N2O2/c1-17-8-10-20(15-21(17)31-2)29(23(30)14-18-6-4-3-5-7-18)13-12-19-9-11-22(28-16-19)24(25,26)27/h3-11,15-16H,12-14H2,1-2H3.